The summed E-state index contributed by atoms with van der Waals surface area (Å²) in [5.74, 6) is 0. The fraction of sp³-hybridized carbons (Fsp3) is 0.255. The highest BCUT2D eigenvalue weighted by Gasteiger charge is 2.35. The van der Waals surface area contributed by atoms with Crippen LogP contribution in [0.3, 0.4) is 0 Å². The van der Waals surface area contributed by atoms with Crippen molar-refractivity contribution in [2.45, 2.75) is 58.2 Å². The van der Waals surface area contributed by atoms with Crippen LogP contribution in [0, 0.1) is 3.57 Å². The number of benzene rings is 6. The molecule has 2 heterocycles. The molecule has 8 rings (SSSR count). The first-order chi connectivity index (χ1) is 31.2. The van der Waals surface area contributed by atoms with Crippen molar-refractivity contribution >= 4 is 54.0 Å². The van der Waals surface area contributed by atoms with Crippen LogP contribution in [0.5, 0.6) is 0 Å². The molecule has 0 radical (unpaired) electrons. The van der Waals surface area contributed by atoms with Crippen molar-refractivity contribution in [3.05, 3.63) is 207 Å². The quantitative estimate of drug-likeness (QED) is 0.0918. The number of nitrogens with one attached hydrogen (secondary N) is 1. The van der Waals surface area contributed by atoms with Crippen LogP contribution in [0.4, 0.5) is 41.6 Å². The van der Waals surface area contributed by atoms with Crippen molar-refractivity contribution in [3.63, 3.8) is 0 Å². The smallest absolute Gasteiger partial charge is 0.416 e. The van der Waals surface area contributed by atoms with Crippen LogP contribution in [-0.2, 0) is 48.0 Å². The van der Waals surface area contributed by atoms with Crippen LogP contribution >= 0.6 is 36.1 Å². The van der Waals surface area contributed by atoms with Gasteiger partial charge in [0.05, 0.1) is 24.2 Å². The molecule has 8 nitrogen and oxygen atoms in total. The Balaban J connectivity index is 0.000000242. The molecule has 2 saturated heterocycles. The first kappa shape index (κ1) is 54.0. The molecular formula is C51H53F6IN4O4S. The number of cyclic esters (lactones) is 2. The summed E-state index contributed by atoms with van der Waals surface area (Å²) in [6.45, 7) is 5.14. The number of nitrogens with zero attached hydrogens (tertiary/aromatic N) is 3. The molecule has 2 aliphatic heterocycles. The van der Waals surface area contributed by atoms with Gasteiger partial charge in [0.1, 0.15) is 12.2 Å². The van der Waals surface area contributed by atoms with Gasteiger partial charge in [-0.2, -0.15) is 39.8 Å². The molecule has 67 heavy (non-hydrogen) atoms. The topological polar surface area (TPSA) is 74.3 Å². The van der Waals surface area contributed by atoms with Crippen LogP contribution in [0.15, 0.2) is 170 Å². The number of rotatable bonds is 13. The number of alkyl halides is 6. The summed E-state index contributed by atoms with van der Waals surface area (Å²) in [6.07, 6.45) is -9.97. The van der Waals surface area contributed by atoms with Gasteiger partial charge in [-0.1, -0.05) is 129 Å². The fourth-order valence-corrected chi connectivity index (χ4v) is 7.50. The van der Waals surface area contributed by atoms with Gasteiger partial charge in [-0.05, 0) is 93.4 Å². The average Bonchev–Trinajstić information content (AvgIpc) is 3.88. The normalized spacial score (nSPS) is 15.4. The minimum Gasteiger partial charge on any atom is -0.443 e. The van der Waals surface area contributed by atoms with E-state index in [9.17, 15) is 35.9 Å². The predicted octanol–water partition coefficient (Wildman–Crippen LogP) is 12.6. The molecule has 1 N–H and O–H groups in total. The van der Waals surface area contributed by atoms with Crippen molar-refractivity contribution in [1.29, 1.82) is 0 Å². The Kier molecular flexibility index (Phi) is 21.1. The van der Waals surface area contributed by atoms with Crippen LogP contribution in [-0.4, -0.2) is 60.4 Å². The maximum atomic E-state index is 12.8. The SMILES string of the molecule is C.FC(F)(F)c1ccc(I)cc1.O=C1NC[C@@H](CN(Cc2ccccc2)Cc2ccccc2)O1.O=C1O[C@H](CN(Cc2ccccc2)Cc2ccccc2)CN1c1ccc(C(F)(F)F)cc1.S. The zero-order chi connectivity index (χ0) is 46.2. The van der Waals surface area contributed by atoms with Crippen LogP contribution in [0.1, 0.15) is 40.8 Å². The van der Waals surface area contributed by atoms with E-state index in [1.54, 1.807) is 0 Å². The standard InChI is InChI=1S/C25H23F3N2O2.C18H20N2O2.C7H4F3I.CH4.H2S/c26-25(27,28)21-11-13-22(14-12-21)30-18-23(32-24(30)31)17-29(15-19-7-3-1-4-8-19)16-20-9-5-2-6-10-20;21-18-19-11-17(22-18)14-20(12-15-7-3-1-4-8-15)13-16-9-5-2-6-10-16;8-7(9,10)5-1-3-6(11)4-2-5;;/h1-14,23H,15-18H2;1-10,17H,11-14H2,(H,19,21);1-4H;1H4;1H2/t23-;17-;;;/m10.../s1. The number of carbonyl (C=O) groups excluding carboxylic acids is 2. The number of alkyl carbamates (subject to hydrolysis) is 1. The third-order valence-electron chi connectivity index (χ3n) is 10.2. The Morgan fingerprint density at radius 1 is 0.537 bits per heavy atom. The van der Waals surface area contributed by atoms with E-state index in [0.29, 0.717) is 31.9 Å². The summed E-state index contributed by atoms with van der Waals surface area (Å²) in [4.78, 5) is 29.5. The minimum atomic E-state index is -4.41. The second-order valence-corrected chi connectivity index (χ2v) is 16.6. The molecule has 2 atom stereocenters. The van der Waals surface area contributed by atoms with E-state index >= 15 is 0 Å². The molecule has 356 valence electrons. The zero-order valence-electron chi connectivity index (χ0n) is 35.6. The number of hydrogen-bond donors (Lipinski definition) is 1. The first-order valence-corrected chi connectivity index (χ1v) is 21.8. The molecule has 0 aliphatic carbocycles. The van der Waals surface area contributed by atoms with Gasteiger partial charge in [0.15, 0.2) is 0 Å². The van der Waals surface area contributed by atoms with Gasteiger partial charge in [-0.15, -0.1) is 0 Å². The summed E-state index contributed by atoms with van der Waals surface area (Å²) < 4.78 is 85.9. The molecule has 0 saturated carbocycles. The molecule has 0 aromatic heterocycles. The largest absolute Gasteiger partial charge is 0.443 e. The highest BCUT2D eigenvalue weighted by Crippen LogP contribution is 2.32. The Morgan fingerprint density at radius 2 is 0.896 bits per heavy atom. The van der Waals surface area contributed by atoms with Gasteiger partial charge in [0, 0.05) is 48.5 Å². The summed E-state index contributed by atoms with van der Waals surface area (Å²) >= 11 is 1.96. The van der Waals surface area contributed by atoms with E-state index in [0.717, 1.165) is 58.6 Å². The summed E-state index contributed by atoms with van der Waals surface area (Å²) in [5.41, 5.74) is 3.86. The molecule has 6 aromatic rings. The third kappa shape index (κ3) is 17.9. The lowest BCUT2D eigenvalue weighted by atomic mass is 10.1. The maximum absolute atomic E-state index is 12.8. The average molecular weight is 1060 g/mol. The number of halogens is 7. The van der Waals surface area contributed by atoms with Crippen molar-refractivity contribution in [1.82, 2.24) is 15.1 Å². The molecule has 0 bridgehead atoms. The number of carbonyl (C=O) groups is 2. The maximum Gasteiger partial charge on any atom is 0.416 e. The first-order valence-electron chi connectivity index (χ1n) is 20.7. The highest BCUT2D eigenvalue weighted by atomic mass is 127. The summed E-state index contributed by atoms with van der Waals surface area (Å²) in [5, 5.41) is 2.71. The zero-order valence-corrected chi connectivity index (χ0v) is 38.8. The van der Waals surface area contributed by atoms with Gasteiger partial charge >= 0.3 is 24.5 Å². The molecule has 2 fully saturated rings. The van der Waals surface area contributed by atoms with E-state index in [-0.39, 0.29) is 39.7 Å². The summed E-state index contributed by atoms with van der Waals surface area (Å²) in [7, 11) is 0. The fourth-order valence-electron chi connectivity index (χ4n) is 7.14. The van der Waals surface area contributed by atoms with Crippen LogP contribution in [0.2, 0.25) is 0 Å². The van der Waals surface area contributed by atoms with Gasteiger partial charge < -0.3 is 14.8 Å². The van der Waals surface area contributed by atoms with Gasteiger partial charge in [-0.25, -0.2) is 9.59 Å². The Labute approximate surface area is 408 Å². The Hall–Kier alpha value is -5.56. The lowest BCUT2D eigenvalue weighted by molar-refractivity contribution is -0.138. The van der Waals surface area contributed by atoms with Crippen LogP contribution in [0.25, 0.3) is 0 Å². The van der Waals surface area contributed by atoms with E-state index in [4.69, 9.17) is 9.47 Å². The number of hydrogen-bond acceptors (Lipinski definition) is 6. The Morgan fingerprint density at radius 3 is 1.24 bits per heavy atom. The van der Waals surface area contributed by atoms with Crippen molar-refractivity contribution < 1.29 is 45.4 Å². The van der Waals surface area contributed by atoms with Gasteiger partial charge in [-0.3, -0.25) is 14.7 Å². The second-order valence-electron chi connectivity index (χ2n) is 15.4. The molecule has 2 amide bonds. The molecule has 0 unspecified atom stereocenters. The van der Waals surface area contributed by atoms with Crippen molar-refractivity contribution in [3.8, 4) is 0 Å². The minimum absolute atomic E-state index is 0. The van der Waals surface area contributed by atoms with Gasteiger partial charge in [0.25, 0.3) is 0 Å². The number of ether oxygens (including phenoxy) is 2. The highest BCUT2D eigenvalue weighted by molar-refractivity contribution is 14.1. The second kappa shape index (κ2) is 26.1. The number of anilines is 1. The van der Waals surface area contributed by atoms with E-state index in [2.05, 4.69) is 39.4 Å². The van der Waals surface area contributed by atoms with E-state index in [1.807, 2.05) is 120 Å². The van der Waals surface area contributed by atoms with E-state index < -0.39 is 35.7 Å². The van der Waals surface area contributed by atoms with Crippen molar-refractivity contribution in [2.75, 3.05) is 31.1 Å². The predicted molar refractivity (Wildman–Crippen MR) is 263 cm³/mol. The molecule has 2 aliphatic rings. The molecular weight excluding hydrogens is 1010 g/mol. The third-order valence-corrected chi connectivity index (χ3v) is 10.9. The van der Waals surface area contributed by atoms with Crippen molar-refractivity contribution in [2.24, 2.45) is 0 Å². The lowest BCUT2D eigenvalue weighted by Crippen LogP contribution is -2.34. The van der Waals surface area contributed by atoms with Crippen LogP contribution < -0.4 is 10.2 Å². The molecule has 0 spiro atoms. The monoisotopic (exact) mass is 1060 g/mol. The Bertz CT molecular complexity index is 2290. The van der Waals surface area contributed by atoms with Gasteiger partial charge in [0.2, 0.25) is 0 Å². The lowest BCUT2D eigenvalue weighted by Gasteiger charge is -2.25. The summed E-state index contributed by atoms with van der Waals surface area (Å²) in [6, 6.07) is 50.4. The van der Waals surface area contributed by atoms with E-state index in [1.165, 1.54) is 40.3 Å². The molecule has 6 aromatic carbocycles. The molecule has 16 heteroatoms. The number of amides is 2.